The molecule has 4 nitrogen and oxygen atoms in total. The van der Waals surface area contributed by atoms with Crippen molar-refractivity contribution in [2.45, 2.75) is 59.2 Å². The summed E-state index contributed by atoms with van der Waals surface area (Å²) in [5.41, 5.74) is 0. The Bertz CT molecular complexity index is 374. The van der Waals surface area contributed by atoms with E-state index in [0.29, 0.717) is 6.54 Å². The summed E-state index contributed by atoms with van der Waals surface area (Å²) < 4.78 is 5.44. The predicted molar refractivity (Wildman–Crippen MR) is 72.3 cm³/mol. The zero-order valence-corrected chi connectivity index (χ0v) is 11.7. The third-order valence-corrected chi connectivity index (χ3v) is 2.88. The summed E-state index contributed by atoms with van der Waals surface area (Å²) in [6.45, 7) is 8.49. The Kier molecular flexibility index (Phi) is 5.92. The number of hydrogen-bond donors (Lipinski definition) is 2. The molecule has 2 atom stereocenters. The van der Waals surface area contributed by atoms with Crippen LogP contribution >= 0.6 is 0 Å². The molecule has 0 saturated carbocycles. The van der Waals surface area contributed by atoms with Crippen LogP contribution in [0.15, 0.2) is 16.5 Å². The summed E-state index contributed by atoms with van der Waals surface area (Å²) in [5, 5.41) is 6.14. The van der Waals surface area contributed by atoms with Gasteiger partial charge in [0.15, 0.2) is 0 Å². The van der Waals surface area contributed by atoms with Gasteiger partial charge < -0.3 is 9.73 Å². The minimum Gasteiger partial charge on any atom is -0.465 e. The Morgan fingerprint density at radius 3 is 2.67 bits per heavy atom. The summed E-state index contributed by atoms with van der Waals surface area (Å²) in [7, 11) is 0. The molecule has 102 valence electrons. The summed E-state index contributed by atoms with van der Waals surface area (Å²) in [4.78, 5) is 11.9. The summed E-state index contributed by atoms with van der Waals surface area (Å²) >= 11 is 0. The van der Waals surface area contributed by atoms with Gasteiger partial charge in [-0.1, -0.05) is 13.3 Å². The van der Waals surface area contributed by atoms with Gasteiger partial charge in [-0.3, -0.25) is 10.1 Å². The number of carbonyl (C=O) groups excluding carboxylic acids is 1. The molecule has 1 aromatic rings. The Labute approximate surface area is 109 Å². The monoisotopic (exact) mass is 252 g/mol. The second-order valence-corrected chi connectivity index (χ2v) is 4.81. The fourth-order valence-corrected chi connectivity index (χ4v) is 1.80. The molecule has 0 aliphatic heterocycles. The van der Waals surface area contributed by atoms with E-state index < -0.39 is 0 Å². The van der Waals surface area contributed by atoms with Gasteiger partial charge in [0.1, 0.15) is 11.5 Å². The molecule has 2 N–H and O–H groups in total. The Morgan fingerprint density at radius 1 is 1.39 bits per heavy atom. The van der Waals surface area contributed by atoms with Gasteiger partial charge in [0.05, 0.1) is 12.6 Å². The lowest BCUT2D eigenvalue weighted by Gasteiger charge is -2.17. The molecule has 1 rings (SSSR count). The first-order valence-corrected chi connectivity index (χ1v) is 6.62. The predicted octanol–water partition coefficient (Wildman–Crippen LogP) is 2.37. The van der Waals surface area contributed by atoms with E-state index in [1.54, 1.807) is 0 Å². The zero-order chi connectivity index (χ0) is 13.5. The average Bonchev–Trinajstić information content (AvgIpc) is 2.72. The van der Waals surface area contributed by atoms with E-state index in [2.05, 4.69) is 17.6 Å². The van der Waals surface area contributed by atoms with E-state index >= 15 is 0 Å². The molecule has 4 heteroatoms. The van der Waals surface area contributed by atoms with Crippen molar-refractivity contribution >= 4 is 5.91 Å². The van der Waals surface area contributed by atoms with E-state index in [0.717, 1.165) is 24.4 Å². The van der Waals surface area contributed by atoms with Gasteiger partial charge in [-0.2, -0.15) is 0 Å². The molecule has 0 aliphatic carbocycles. The van der Waals surface area contributed by atoms with Crippen LogP contribution in [0, 0.1) is 6.92 Å². The van der Waals surface area contributed by atoms with Gasteiger partial charge >= 0.3 is 0 Å². The standard InChI is InChI=1S/C14H24N2O2/c1-5-6-10(2)16-14(17)12(4)15-9-13-8-7-11(3)18-13/h7-8,10,12,15H,5-6,9H2,1-4H3,(H,16,17). The van der Waals surface area contributed by atoms with Gasteiger partial charge in [-0.05, 0) is 39.3 Å². The summed E-state index contributed by atoms with van der Waals surface area (Å²) in [6.07, 6.45) is 2.09. The van der Waals surface area contributed by atoms with Crippen LogP contribution in [-0.4, -0.2) is 18.0 Å². The van der Waals surface area contributed by atoms with Crippen molar-refractivity contribution in [3.63, 3.8) is 0 Å². The number of nitrogens with one attached hydrogen (secondary N) is 2. The SMILES string of the molecule is CCCC(C)NC(=O)C(C)NCc1ccc(C)o1. The lowest BCUT2D eigenvalue weighted by molar-refractivity contribution is -0.123. The Morgan fingerprint density at radius 2 is 2.11 bits per heavy atom. The first-order valence-electron chi connectivity index (χ1n) is 6.62. The molecule has 0 bridgehead atoms. The van der Waals surface area contributed by atoms with Gasteiger partial charge in [0, 0.05) is 6.04 Å². The molecule has 0 fully saturated rings. The van der Waals surface area contributed by atoms with Crippen molar-refractivity contribution in [2.75, 3.05) is 0 Å². The largest absolute Gasteiger partial charge is 0.465 e. The number of hydrogen-bond acceptors (Lipinski definition) is 3. The third-order valence-electron chi connectivity index (χ3n) is 2.88. The number of furan rings is 1. The number of aryl methyl sites for hydroxylation is 1. The van der Waals surface area contributed by atoms with Gasteiger partial charge in [0.25, 0.3) is 0 Å². The molecule has 0 radical (unpaired) electrons. The van der Waals surface area contributed by atoms with Crippen molar-refractivity contribution in [2.24, 2.45) is 0 Å². The third kappa shape index (κ3) is 4.92. The lowest BCUT2D eigenvalue weighted by atomic mass is 10.2. The highest BCUT2D eigenvalue weighted by molar-refractivity contribution is 5.81. The van der Waals surface area contributed by atoms with Crippen LogP contribution in [0.4, 0.5) is 0 Å². The van der Waals surface area contributed by atoms with Crippen LogP contribution in [-0.2, 0) is 11.3 Å². The minimum absolute atomic E-state index is 0.0410. The molecular weight excluding hydrogens is 228 g/mol. The van der Waals surface area contributed by atoms with Crippen molar-refractivity contribution in [1.82, 2.24) is 10.6 Å². The normalized spacial score (nSPS) is 14.2. The smallest absolute Gasteiger partial charge is 0.237 e. The highest BCUT2D eigenvalue weighted by atomic mass is 16.3. The van der Waals surface area contributed by atoms with Crippen LogP contribution in [0.5, 0.6) is 0 Å². The van der Waals surface area contributed by atoms with E-state index in [1.807, 2.05) is 32.9 Å². The maximum Gasteiger partial charge on any atom is 0.237 e. The number of rotatable bonds is 7. The second-order valence-electron chi connectivity index (χ2n) is 4.81. The number of amides is 1. The van der Waals surface area contributed by atoms with E-state index in [-0.39, 0.29) is 18.0 Å². The highest BCUT2D eigenvalue weighted by Gasteiger charge is 2.14. The first-order chi connectivity index (χ1) is 8.52. The van der Waals surface area contributed by atoms with Gasteiger partial charge in [-0.25, -0.2) is 0 Å². The molecule has 1 amide bonds. The Balaban J connectivity index is 2.31. The summed E-state index contributed by atoms with van der Waals surface area (Å²) in [6, 6.07) is 3.87. The van der Waals surface area contributed by atoms with Crippen LogP contribution in [0.1, 0.15) is 45.1 Å². The molecular formula is C14H24N2O2. The minimum atomic E-state index is -0.213. The fraction of sp³-hybridized carbons (Fsp3) is 0.643. The Hall–Kier alpha value is -1.29. The van der Waals surface area contributed by atoms with Crippen molar-refractivity contribution < 1.29 is 9.21 Å². The van der Waals surface area contributed by atoms with E-state index in [4.69, 9.17) is 4.42 Å². The topological polar surface area (TPSA) is 54.3 Å². The molecule has 1 aromatic heterocycles. The fourth-order valence-electron chi connectivity index (χ4n) is 1.80. The van der Waals surface area contributed by atoms with Gasteiger partial charge in [-0.15, -0.1) is 0 Å². The van der Waals surface area contributed by atoms with Crippen molar-refractivity contribution in [1.29, 1.82) is 0 Å². The van der Waals surface area contributed by atoms with E-state index in [9.17, 15) is 4.79 Å². The zero-order valence-electron chi connectivity index (χ0n) is 11.7. The number of carbonyl (C=O) groups is 1. The van der Waals surface area contributed by atoms with Crippen LogP contribution in [0.3, 0.4) is 0 Å². The van der Waals surface area contributed by atoms with Crippen molar-refractivity contribution in [3.05, 3.63) is 23.7 Å². The highest BCUT2D eigenvalue weighted by Crippen LogP contribution is 2.05. The molecule has 1 heterocycles. The van der Waals surface area contributed by atoms with Gasteiger partial charge in [0.2, 0.25) is 5.91 Å². The quantitative estimate of drug-likeness (QED) is 0.783. The summed E-state index contributed by atoms with van der Waals surface area (Å²) in [5.74, 6) is 1.79. The maximum absolute atomic E-state index is 11.9. The molecule has 2 unspecified atom stereocenters. The average molecular weight is 252 g/mol. The van der Waals surface area contributed by atoms with Crippen LogP contribution < -0.4 is 10.6 Å². The van der Waals surface area contributed by atoms with Crippen LogP contribution in [0.25, 0.3) is 0 Å². The lowest BCUT2D eigenvalue weighted by Crippen LogP contribution is -2.45. The first kappa shape index (κ1) is 14.8. The molecule has 18 heavy (non-hydrogen) atoms. The van der Waals surface area contributed by atoms with E-state index in [1.165, 1.54) is 0 Å². The maximum atomic E-state index is 11.9. The second kappa shape index (κ2) is 7.21. The molecule has 0 aliphatic rings. The molecule has 0 saturated heterocycles. The molecule has 0 spiro atoms. The molecule has 0 aromatic carbocycles. The van der Waals surface area contributed by atoms with Crippen LogP contribution in [0.2, 0.25) is 0 Å². The van der Waals surface area contributed by atoms with Crippen molar-refractivity contribution in [3.8, 4) is 0 Å².